The van der Waals surface area contributed by atoms with E-state index in [0.717, 1.165) is 12.3 Å². The standard InChI is InChI=1S/C17H27NO/c1-6-19-17-9-7-8-15(11-17)10-16(13(2)3)12-18-14(4)5/h7-11,13-14,18H,6,12H2,1-5H3. The lowest BCUT2D eigenvalue weighted by Gasteiger charge is -2.15. The van der Waals surface area contributed by atoms with Crippen LogP contribution in [0.5, 0.6) is 5.75 Å². The second-order valence-corrected chi connectivity index (χ2v) is 5.42. The van der Waals surface area contributed by atoms with Gasteiger partial charge >= 0.3 is 0 Å². The van der Waals surface area contributed by atoms with Crippen LogP contribution >= 0.6 is 0 Å². The second kappa shape index (κ2) is 8.00. The number of benzene rings is 1. The summed E-state index contributed by atoms with van der Waals surface area (Å²) in [5.41, 5.74) is 2.63. The van der Waals surface area contributed by atoms with Crippen molar-refractivity contribution in [2.24, 2.45) is 5.92 Å². The fourth-order valence-electron chi connectivity index (χ4n) is 1.82. The number of hydrogen-bond donors (Lipinski definition) is 1. The molecule has 0 bridgehead atoms. The van der Waals surface area contributed by atoms with Gasteiger partial charge < -0.3 is 10.1 Å². The van der Waals surface area contributed by atoms with Crippen molar-refractivity contribution in [2.45, 2.75) is 40.7 Å². The molecule has 1 N–H and O–H groups in total. The van der Waals surface area contributed by atoms with E-state index in [1.165, 1.54) is 11.1 Å². The van der Waals surface area contributed by atoms with Crippen LogP contribution < -0.4 is 10.1 Å². The number of rotatable bonds is 7. The van der Waals surface area contributed by atoms with Crippen molar-refractivity contribution in [3.05, 3.63) is 35.4 Å². The molecule has 0 atom stereocenters. The molecule has 1 rings (SSSR count). The van der Waals surface area contributed by atoms with E-state index in [2.05, 4.69) is 51.2 Å². The molecule has 0 heterocycles. The molecule has 2 nitrogen and oxygen atoms in total. The molecule has 106 valence electrons. The van der Waals surface area contributed by atoms with Crippen LogP contribution in [-0.4, -0.2) is 19.2 Å². The van der Waals surface area contributed by atoms with Crippen molar-refractivity contribution in [1.82, 2.24) is 5.32 Å². The normalized spacial score (nSPS) is 12.3. The van der Waals surface area contributed by atoms with Crippen molar-refractivity contribution in [3.63, 3.8) is 0 Å². The van der Waals surface area contributed by atoms with Gasteiger partial charge in [0.25, 0.3) is 0 Å². The Morgan fingerprint density at radius 1 is 1.26 bits per heavy atom. The van der Waals surface area contributed by atoms with Crippen molar-refractivity contribution >= 4 is 6.08 Å². The van der Waals surface area contributed by atoms with Crippen LogP contribution in [0.3, 0.4) is 0 Å². The van der Waals surface area contributed by atoms with Crippen LogP contribution in [0, 0.1) is 5.92 Å². The quantitative estimate of drug-likeness (QED) is 0.797. The lowest BCUT2D eigenvalue weighted by molar-refractivity contribution is 0.340. The Balaban J connectivity index is 2.85. The Hall–Kier alpha value is -1.28. The van der Waals surface area contributed by atoms with E-state index in [-0.39, 0.29) is 0 Å². The zero-order valence-corrected chi connectivity index (χ0v) is 12.9. The maximum absolute atomic E-state index is 5.54. The number of hydrogen-bond acceptors (Lipinski definition) is 2. The van der Waals surface area contributed by atoms with Crippen LogP contribution in [0.2, 0.25) is 0 Å². The fraction of sp³-hybridized carbons (Fsp3) is 0.529. The molecule has 0 saturated heterocycles. The SMILES string of the molecule is CCOc1cccc(C=C(CNC(C)C)C(C)C)c1. The van der Waals surface area contributed by atoms with Gasteiger partial charge in [0, 0.05) is 12.6 Å². The second-order valence-electron chi connectivity index (χ2n) is 5.42. The van der Waals surface area contributed by atoms with Gasteiger partial charge in [-0.3, -0.25) is 0 Å². The van der Waals surface area contributed by atoms with E-state index < -0.39 is 0 Å². The largest absolute Gasteiger partial charge is 0.494 e. The monoisotopic (exact) mass is 261 g/mol. The highest BCUT2D eigenvalue weighted by Crippen LogP contribution is 2.18. The van der Waals surface area contributed by atoms with Crippen molar-refractivity contribution < 1.29 is 4.74 Å². The minimum atomic E-state index is 0.511. The summed E-state index contributed by atoms with van der Waals surface area (Å²) in [6.45, 7) is 12.5. The van der Waals surface area contributed by atoms with Gasteiger partial charge in [0.15, 0.2) is 0 Å². The average Bonchev–Trinajstić information content (AvgIpc) is 2.34. The van der Waals surface area contributed by atoms with Gasteiger partial charge in [-0.25, -0.2) is 0 Å². The van der Waals surface area contributed by atoms with E-state index in [4.69, 9.17) is 4.74 Å². The van der Waals surface area contributed by atoms with E-state index in [1.807, 2.05) is 19.1 Å². The fourth-order valence-corrected chi connectivity index (χ4v) is 1.82. The third-order valence-electron chi connectivity index (χ3n) is 2.98. The van der Waals surface area contributed by atoms with E-state index in [9.17, 15) is 0 Å². The summed E-state index contributed by atoms with van der Waals surface area (Å²) >= 11 is 0. The van der Waals surface area contributed by atoms with Crippen molar-refractivity contribution in [2.75, 3.05) is 13.2 Å². The molecule has 0 radical (unpaired) electrons. The third kappa shape index (κ3) is 5.93. The Bertz CT molecular complexity index is 407. The Labute approximate surface area is 117 Å². The molecule has 0 spiro atoms. The zero-order chi connectivity index (χ0) is 14.3. The van der Waals surface area contributed by atoms with Crippen molar-refractivity contribution in [3.8, 4) is 5.75 Å². The number of nitrogens with one attached hydrogen (secondary N) is 1. The first kappa shape index (κ1) is 15.8. The maximum atomic E-state index is 5.54. The predicted molar refractivity (Wildman–Crippen MR) is 83.6 cm³/mol. The summed E-state index contributed by atoms with van der Waals surface area (Å²) < 4.78 is 5.54. The Morgan fingerprint density at radius 3 is 2.58 bits per heavy atom. The van der Waals surface area contributed by atoms with E-state index >= 15 is 0 Å². The lowest BCUT2D eigenvalue weighted by atomic mass is 10.00. The summed E-state index contributed by atoms with van der Waals surface area (Å²) in [7, 11) is 0. The van der Waals surface area contributed by atoms with Crippen LogP contribution in [0.25, 0.3) is 6.08 Å². The molecule has 1 aromatic carbocycles. The van der Waals surface area contributed by atoms with Crippen LogP contribution in [0.4, 0.5) is 0 Å². The molecule has 19 heavy (non-hydrogen) atoms. The van der Waals surface area contributed by atoms with Gasteiger partial charge in [-0.1, -0.05) is 51.5 Å². The first-order valence-corrected chi connectivity index (χ1v) is 7.19. The smallest absolute Gasteiger partial charge is 0.119 e. The van der Waals surface area contributed by atoms with Crippen molar-refractivity contribution in [1.29, 1.82) is 0 Å². The van der Waals surface area contributed by atoms with Gasteiger partial charge in [-0.05, 0) is 30.5 Å². The van der Waals surface area contributed by atoms with E-state index in [1.54, 1.807) is 0 Å². The molecule has 0 amide bonds. The maximum Gasteiger partial charge on any atom is 0.119 e. The first-order valence-electron chi connectivity index (χ1n) is 7.19. The van der Waals surface area contributed by atoms with E-state index in [0.29, 0.717) is 18.6 Å². The van der Waals surface area contributed by atoms with Gasteiger partial charge in [-0.15, -0.1) is 0 Å². The van der Waals surface area contributed by atoms with Crippen LogP contribution in [-0.2, 0) is 0 Å². The van der Waals surface area contributed by atoms with Gasteiger partial charge in [0.2, 0.25) is 0 Å². The summed E-state index contributed by atoms with van der Waals surface area (Å²) in [4.78, 5) is 0. The molecule has 0 unspecified atom stereocenters. The van der Waals surface area contributed by atoms with Gasteiger partial charge in [0.05, 0.1) is 6.61 Å². The highest BCUT2D eigenvalue weighted by molar-refractivity contribution is 5.55. The summed E-state index contributed by atoms with van der Waals surface area (Å²) in [6.07, 6.45) is 2.27. The molecule has 2 heteroatoms. The third-order valence-corrected chi connectivity index (χ3v) is 2.98. The predicted octanol–water partition coefficient (Wildman–Crippen LogP) is 4.12. The number of ether oxygens (including phenoxy) is 1. The lowest BCUT2D eigenvalue weighted by Crippen LogP contribution is -2.26. The molecule has 0 aliphatic rings. The molecule has 0 aliphatic carbocycles. The Kier molecular flexibility index (Phi) is 6.65. The summed E-state index contributed by atoms with van der Waals surface area (Å²) in [6, 6.07) is 8.78. The Morgan fingerprint density at radius 2 is 2.00 bits per heavy atom. The van der Waals surface area contributed by atoms with Gasteiger partial charge in [-0.2, -0.15) is 0 Å². The average molecular weight is 261 g/mol. The van der Waals surface area contributed by atoms with Gasteiger partial charge in [0.1, 0.15) is 5.75 Å². The molecule has 0 fully saturated rings. The minimum absolute atomic E-state index is 0.511. The molecular weight excluding hydrogens is 234 g/mol. The van der Waals surface area contributed by atoms with Crippen LogP contribution in [0.15, 0.2) is 29.8 Å². The first-order chi connectivity index (χ1) is 9.02. The molecule has 0 aliphatic heterocycles. The molecule has 0 aromatic heterocycles. The highest BCUT2D eigenvalue weighted by Gasteiger charge is 2.05. The minimum Gasteiger partial charge on any atom is -0.494 e. The molecule has 0 saturated carbocycles. The summed E-state index contributed by atoms with van der Waals surface area (Å²) in [5, 5.41) is 3.49. The summed E-state index contributed by atoms with van der Waals surface area (Å²) in [5.74, 6) is 1.48. The van der Waals surface area contributed by atoms with Crippen LogP contribution in [0.1, 0.15) is 40.2 Å². The molecular formula is C17H27NO. The molecule has 1 aromatic rings. The topological polar surface area (TPSA) is 21.3 Å². The zero-order valence-electron chi connectivity index (χ0n) is 12.9. The highest BCUT2D eigenvalue weighted by atomic mass is 16.5.